The van der Waals surface area contributed by atoms with Crippen molar-refractivity contribution in [3.05, 3.63) is 34.5 Å². The number of ether oxygens (including phenoxy) is 1. The van der Waals surface area contributed by atoms with Crippen molar-refractivity contribution in [1.29, 1.82) is 0 Å². The Kier molecular flexibility index (Phi) is 3.71. The Morgan fingerprint density at radius 2 is 1.68 bits per heavy atom. The normalized spacial score (nSPS) is 19.1. The van der Waals surface area contributed by atoms with Crippen LogP contribution in [0.25, 0.3) is 0 Å². The fourth-order valence-corrected chi connectivity index (χ4v) is 4.32. The zero-order valence-corrected chi connectivity index (χ0v) is 15.9. The summed E-state index contributed by atoms with van der Waals surface area (Å²) < 4.78 is 6.26. The van der Waals surface area contributed by atoms with Gasteiger partial charge in [0.15, 0.2) is 0 Å². The number of nitrogens with zero attached hydrogens (tertiary/aromatic N) is 3. The average molecular weight is 340 g/mol. The van der Waals surface area contributed by atoms with Gasteiger partial charge in [-0.15, -0.1) is 0 Å². The fraction of sp³-hybridized carbons (Fsp3) is 0.550. The molecule has 2 aliphatic rings. The SMILES string of the molecule is Cc1c(C)c(N2CCN(c3cc[nH]n3)CC2)c(C)c2c1OC(C)(C)C2. The van der Waals surface area contributed by atoms with E-state index in [1.54, 1.807) is 0 Å². The van der Waals surface area contributed by atoms with Crippen LogP contribution in [-0.4, -0.2) is 42.0 Å². The number of anilines is 2. The summed E-state index contributed by atoms with van der Waals surface area (Å²) in [5.74, 6) is 2.17. The molecule has 5 heteroatoms. The lowest BCUT2D eigenvalue weighted by Crippen LogP contribution is -2.47. The van der Waals surface area contributed by atoms with Crippen LogP contribution in [0.4, 0.5) is 11.5 Å². The molecule has 0 radical (unpaired) electrons. The molecule has 2 aromatic rings. The topological polar surface area (TPSA) is 44.4 Å². The lowest BCUT2D eigenvalue weighted by molar-refractivity contribution is 0.137. The maximum absolute atomic E-state index is 6.26. The van der Waals surface area contributed by atoms with Gasteiger partial charge in [-0.3, -0.25) is 5.10 Å². The Labute approximate surface area is 150 Å². The smallest absolute Gasteiger partial charge is 0.150 e. The standard InChI is InChI=1S/C20H28N4O/c1-13-14(2)19-16(12-20(4,5)25-19)15(3)18(13)24-10-8-23(9-11-24)17-6-7-21-22-17/h6-7H,8-12H2,1-5H3,(H,21,22). The fourth-order valence-electron chi connectivity index (χ4n) is 4.32. The minimum absolute atomic E-state index is 0.0957. The molecule has 1 N–H and O–H groups in total. The third kappa shape index (κ3) is 2.66. The lowest BCUT2D eigenvalue weighted by Gasteiger charge is -2.38. The zero-order chi connectivity index (χ0) is 17.8. The van der Waals surface area contributed by atoms with Crippen molar-refractivity contribution in [2.24, 2.45) is 0 Å². The van der Waals surface area contributed by atoms with Gasteiger partial charge in [0.25, 0.3) is 0 Å². The van der Waals surface area contributed by atoms with Gasteiger partial charge >= 0.3 is 0 Å². The molecule has 1 aromatic heterocycles. The maximum Gasteiger partial charge on any atom is 0.150 e. The first-order valence-electron chi connectivity index (χ1n) is 9.19. The van der Waals surface area contributed by atoms with Gasteiger partial charge in [-0.2, -0.15) is 5.10 Å². The molecule has 25 heavy (non-hydrogen) atoms. The van der Waals surface area contributed by atoms with Gasteiger partial charge in [-0.25, -0.2) is 0 Å². The highest BCUT2D eigenvalue weighted by molar-refractivity contribution is 5.70. The number of nitrogens with one attached hydrogen (secondary N) is 1. The summed E-state index contributed by atoms with van der Waals surface area (Å²) in [4.78, 5) is 4.90. The molecule has 3 heterocycles. The number of rotatable bonds is 2. The van der Waals surface area contributed by atoms with Crippen molar-refractivity contribution in [1.82, 2.24) is 10.2 Å². The van der Waals surface area contributed by atoms with E-state index in [-0.39, 0.29) is 5.60 Å². The molecular formula is C20H28N4O. The number of aromatic amines is 1. The van der Waals surface area contributed by atoms with Crippen molar-refractivity contribution in [2.75, 3.05) is 36.0 Å². The maximum atomic E-state index is 6.26. The van der Waals surface area contributed by atoms with Crippen LogP contribution >= 0.6 is 0 Å². The second-order valence-corrected chi connectivity index (χ2v) is 7.98. The van der Waals surface area contributed by atoms with E-state index in [9.17, 15) is 0 Å². The molecule has 1 fully saturated rings. The van der Waals surface area contributed by atoms with E-state index in [1.807, 2.05) is 12.3 Å². The third-order valence-electron chi connectivity index (χ3n) is 5.73. The summed E-state index contributed by atoms with van der Waals surface area (Å²) >= 11 is 0. The third-order valence-corrected chi connectivity index (χ3v) is 5.73. The number of fused-ring (bicyclic) bond motifs is 1. The van der Waals surface area contributed by atoms with Crippen molar-refractivity contribution in [3.8, 4) is 5.75 Å². The highest BCUT2D eigenvalue weighted by Gasteiger charge is 2.35. The second-order valence-electron chi connectivity index (χ2n) is 7.98. The van der Waals surface area contributed by atoms with Gasteiger partial charge in [0.1, 0.15) is 17.2 Å². The first-order chi connectivity index (χ1) is 11.9. The summed E-state index contributed by atoms with van der Waals surface area (Å²) in [5.41, 5.74) is 6.79. The van der Waals surface area contributed by atoms with Gasteiger partial charge in [-0.1, -0.05) is 0 Å². The Balaban J connectivity index is 1.63. The van der Waals surface area contributed by atoms with Crippen LogP contribution in [0.3, 0.4) is 0 Å². The van der Waals surface area contributed by atoms with E-state index in [1.165, 1.54) is 27.9 Å². The molecule has 0 aliphatic carbocycles. The van der Waals surface area contributed by atoms with E-state index in [0.717, 1.165) is 44.2 Å². The summed E-state index contributed by atoms with van der Waals surface area (Å²) in [6.07, 6.45) is 2.89. The van der Waals surface area contributed by atoms with E-state index in [4.69, 9.17) is 4.74 Å². The van der Waals surface area contributed by atoms with Gasteiger partial charge in [0.2, 0.25) is 0 Å². The van der Waals surface area contributed by atoms with Gasteiger partial charge < -0.3 is 14.5 Å². The largest absolute Gasteiger partial charge is 0.487 e. The highest BCUT2D eigenvalue weighted by atomic mass is 16.5. The second kappa shape index (κ2) is 5.68. The first kappa shape index (κ1) is 16.3. The molecule has 134 valence electrons. The van der Waals surface area contributed by atoms with Gasteiger partial charge in [0, 0.05) is 56.1 Å². The minimum Gasteiger partial charge on any atom is -0.487 e. The van der Waals surface area contributed by atoms with Gasteiger partial charge in [0.05, 0.1) is 0 Å². The number of piperazine rings is 1. The quantitative estimate of drug-likeness (QED) is 0.910. The Hall–Kier alpha value is -2.17. The van der Waals surface area contributed by atoms with Crippen LogP contribution in [-0.2, 0) is 6.42 Å². The van der Waals surface area contributed by atoms with E-state index in [2.05, 4.69) is 54.6 Å². The lowest BCUT2D eigenvalue weighted by atomic mass is 9.92. The Morgan fingerprint density at radius 3 is 2.32 bits per heavy atom. The predicted octanol–water partition coefficient (Wildman–Crippen LogP) is 3.38. The van der Waals surface area contributed by atoms with Crippen molar-refractivity contribution < 1.29 is 4.74 Å². The summed E-state index contributed by atoms with van der Waals surface area (Å²) in [5, 5.41) is 7.23. The van der Waals surface area contributed by atoms with Crippen LogP contribution in [0.2, 0.25) is 0 Å². The summed E-state index contributed by atoms with van der Waals surface area (Å²) in [6, 6.07) is 2.05. The first-order valence-corrected chi connectivity index (χ1v) is 9.19. The van der Waals surface area contributed by atoms with E-state index < -0.39 is 0 Å². The van der Waals surface area contributed by atoms with Crippen LogP contribution < -0.4 is 14.5 Å². The highest BCUT2D eigenvalue weighted by Crippen LogP contribution is 2.45. The molecule has 1 saturated heterocycles. The summed E-state index contributed by atoms with van der Waals surface area (Å²) in [7, 11) is 0. The number of benzene rings is 1. The Bertz CT molecular complexity index is 787. The van der Waals surface area contributed by atoms with E-state index in [0.29, 0.717) is 0 Å². The van der Waals surface area contributed by atoms with Crippen LogP contribution in [0.1, 0.15) is 36.1 Å². The molecule has 4 rings (SSSR count). The van der Waals surface area contributed by atoms with Crippen molar-refractivity contribution in [2.45, 2.75) is 46.6 Å². The van der Waals surface area contributed by atoms with Crippen molar-refractivity contribution >= 4 is 11.5 Å². The molecular weight excluding hydrogens is 312 g/mol. The van der Waals surface area contributed by atoms with Crippen LogP contribution in [0.15, 0.2) is 12.3 Å². The zero-order valence-electron chi connectivity index (χ0n) is 15.9. The molecule has 0 bridgehead atoms. The molecule has 0 amide bonds. The van der Waals surface area contributed by atoms with E-state index >= 15 is 0 Å². The molecule has 0 atom stereocenters. The van der Waals surface area contributed by atoms with Crippen LogP contribution in [0, 0.1) is 20.8 Å². The molecule has 0 unspecified atom stereocenters. The van der Waals surface area contributed by atoms with Crippen LogP contribution in [0.5, 0.6) is 5.75 Å². The molecule has 2 aliphatic heterocycles. The molecule has 0 saturated carbocycles. The average Bonchev–Trinajstić information content (AvgIpc) is 3.21. The number of H-pyrrole nitrogens is 1. The number of aromatic nitrogens is 2. The molecule has 0 spiro atoms. The molecule has 1 aromatic carbocycles. The summed E-state index contributed by atoms with van der Waals surface area (Å²) in [6.45, 7) is 15.1. The number of hydrogen-bond acceptors (Lipinski definition) is 4. The molecule has 5 nitrogen and oxygen atoms in total. The monoisotopic (exact) mass is 340 g/mol. The Morgan fingerprint density at radius 1 is 1.00 bits per heavy atom. The van der Waals surface area contributed by atoms with Crippen molar-refractivity contribution in [3.63, 3.8) is 0 Å². The minimum atomic E-state index is -0.0957. The van der Waals surface area contributed by atoms with Gasteiger partial charge in [-0.05, 0) is 51.3 Å². The number of hydrogen-bond donors (Lipinski definition) is 1. The predicted molar refractivity (Wildman–Crippen MR) is 102 cm³/mol.